The van der Waals surface area contributed by atoms with E-state index in [1.54, 1.807) is 0 Å². The number of rotatable bonds is 7. The summed E-state index contributed by atoms with van der Waals surface area (Å²) in [5.41, 5.74) is 0.390. The van der Waals surface area contributed by atoms with Crippen molar-refractivity contribution >= 4 is 39.2 Å². The fourth-order valence-corrected chi connectivity index (χ4v) is 4.75. The first kappa shape index (κ1) is 19.6. The zero-order valence-electron chi connectivity index (χ0n) is 13.1. The van der Waals surface area contributed by atoms with Crippen LogP contribution in [0.5, 0.6) is 0 Å². The van der Waals surface area contributed by atoms with Crippen molar-refractivity contribution in [3.05, 3.63) is 24.3 Å². The van der Waals surface area contributed by atoms with Crippen LogP contribution in [0.15, 0.2) is 29.2 Å². The summed E-state index contributed by atoms with van der Waals surface area (Å²) in [6.45, 7) is -0.494. The molecule has 138 valence electrons. The topological polar surface area (TPSA) is 89.5 Å². The molecule has 1 aliphatic heterocycles. The molecule has 1 atom stereocenters. The van der Waals surface area contributed by atoms with E-state index in [4.69, 9.17) is 4.74 Å². The van der Waals surface area contributed by atoms with Crippen molar-refractivity contribution in [3.63, 3.8) is 0 Å². The number of carbonyl (C=O) groups excluding carboxylic acids is 2. The molecule has 1 fully saturated rings. The first-order valence-electron chi connectivity index (χ1n) is 7.44. The molecule has 0 aromatic heterocycles. The maximum Gasteiger partial charge on any atom is 0.306 e. The van der Waals surface area contributed by atoms with Gasteiger partial charge in [0.25, 0.3) is 11.7 Å². The molecule has 0 aliphatic carbocycles. The quantitative estimate of drug-likeness (QED) is 0.565. The van der Waals surface area contributed by atoms with Crippen LogP contribution in [0.1, 0.15) is 12.8 Å². The molecule has 1 amide bonds. The normalized spacial score (nSPS) is 18.9. The molecule has 0 bridgehead atoms. The molecular weight excluding hydrogens is 376 g/mol. The molecule has 1 aromatic carbocycles. The highest BCUT2D eigenvalue weighted by atomic mass is 32.2. The van der Waals surface area contributed by atoms with Gasteiger partial charge in [0.1, 0.15) is 0 Å². The third kappa shape index (κ3) is 6.99. The summed E-state index contributed by atoms with van der Waals surface area (Å²) in [5.74, 6) is -3.93. The number of thioether (sulfide) groups is 1. The summed E-state index contributed by atoms with van der Waals surface area (Å²) in [6.07, 6.45) is 0.388. The Labute approximate surface area is 148 Å². The number of halogens is 2. The van der Waals surface area contributed by atoms with E-state index in [0.717, 1.165) is 0 Å². The van der Waals surface area contributed by atoms with Crippen molar-refractivity contribution in [2.24, 2.45) is 5.92 Å². The molecule has 1 heterocycles. The van der Waals surface area contributed by atoms with E-state index in [-0.39, 0.29) is 23.8 Å². The number of alkyl halides is 2. The van der Waals surface area contributed by atoms with E-state index in [9.17, 15) is 26.8 Å². The van der Waals surface area contributed by atoms with Crippen LogP contribution in [-0.2, 0) is 24.2 Å². The monoisotopic (exact) mass is 393 g/mol. The Kier molecular flexibility index (Phi) is 6.77. The lowest BCUT2D eigenvalue weighted by atomic mass is 10.1. The lowest BCUT2D eigenvalue weighted by molar-refractivity contribution is -0.148. The zero-order valence-corrected chi connectivity index (χ0v) is 14.7. The fraction of sp³-hybridized carbons (Fsp3) is 0.467. The summed E-state index contributed by atoms with van der Waals surface area (Å²) in [5, 5.41) is 2.48. The van der Waals surface area contributed by atoms with Gasteiger partial charge in [-0.1, -0.05) is 11.8 Å². The molecule has 2 rings (SSSR count). The lowest BCUT2D eigenvalue weighted by Gasteiger charge is -2.09. The molecule has 25 heavy (non-hydrogen) atoms. The molecule has 10 heteroatoms. The van der Waals surface area contributed by atoms with Crippen LogP contribution in [0.25, 0.3) is 0 Å². The molecule has 0 unspecified atom stereocenters. The van der Waals surface area contributed by atoms with E-state index in [2.05, 4.69) is 5.32 Å². The van der Waals surface area contributed by atoms with Crippen molar-refractivity contribution in [2.45, 2.75) is 23.5 Å². The first-order valence-corrected chi connectivity index (χ1v) is 10.1. The Balaban J connectivity index is 1.72. The highest BCUT2D eigenvalue weighted by molar-refractivity contribution is 7.99. The second-order valence-electron chi connectivity index (χ2n) is 5.58. The molecule has 6 nitrogen and oxygen atoms in total. The highest BCUT2D eigenvalue weighted by Gasteiger charge is 2.29. The number of amides is 1. The average Bonchev–Trinajstić information content (AvgIpc) is 2.85. The van der Waals surface area contributed by atoms with Crippen molar-refractivity contribution in [1.82, 2.24) is 0 Å². The second kappa shape index (κ2) is 8.61. The molecule has 0 radical (unpaired) electrons. The predicted molar refractivity (Wildman–Crippen MR) is 89.3 cm³/mol. The van der Waals surface area contributed by atoms with Crippen molar-refractivity contribution in [1.29, 1.82) is 0 Å². The van der Waals surface area contributed by atoms with E-state index >= 15 is 0 Å². The minimum Gasteiger partial charge on any atom is -0.456 e. The van der Waals surface area contributed by atoms with Gasteiger partial charge in [0.15, 0.2) is 16.4 Å². The van der Waals surface area contributed by atoms with Crippen LogP contribution >= 0.6 is 11.8 Å². The van der Waals surface area contributed by atoms with Gasteiger partial charge in [0.05, 0.1) is 11.5 Å². The van der Waals surface area contributed by atoms with Gasteiger partial charge in [-0.25, -0.2) is 8.42 Å². The number of nitrogens with one attached hydrogen (secondary N) is 1. The number of ether oxygens (including phenoxy) is 1. The third-order valence-electron chi connectivity index (χ3n) is 3.51. The standard InChI is InChI=1S/C15H17F2NO5S2/c16-15(17)24-12-3-1-11(2-4-12)18-13(19)8-23-14(20)7-10-5-6-25(21,22)9-10/h1-4,10,15H,5-9H2,(H,18,19)/t10-/m1/s1. The Morgan fingerprint density at radius 3 is 2.52 bits per heavy atom. The number of benzene rings is 1. The van der Waals surface area contributed by atoms with E-state index in [0.29, 0.717) is 28.8 Å². The number of carbonyl (C=O) groups is 2. The molecule has 1 N–H and O–H groups in total. The minimum atomic E-state index is -3.06. The maximum absolute atomic E-state index is 12.2. The van der Waals surface area contributed by atoms with Gasteiger partial charge in [0.2, 0.25) is 0 Å². The summed E-state index contributed by atoms with van der Waals surface area (Å²) in [6, 6.07) is 5.82. The molecule has 1 aromatic rings. The number of anilines is 1. The fourth-order valence-electron chi connectivity index (χ4n) is 2.39. The van der Waals surface area contributed by atoms with Crippen LogP contribution in [0.4, 0.5) is 14.5 Å². The van der Waals surface area contributed by atoms with Gasteiger partial charge in [-0.15, -0.1) is 0 Å². The molecular formula is C15H17F2NO5S2. The summed E-state index contributed by atoms with van der Waals surface area (Å²) < 4.78 is 51.9. The number of hydrogen-bond donors (Lipinski definition) is 1. The number of hydrogen-bond acceptors (Lipinski definition) is 6. The van der Waals surface area contributed by atoms with Crippen LogP contribution in [0.3, 0.4) is 0 Å². The smallest absolute Gasteiger partial charge is 0.306 e. The second-order valence-corrected chi connectivity index (χ2v) is 8.88. The Morgan fingerprint density at radius 1 is 1.28 bits per heavy atom. The maximum atomic E-state index is 12.2. The van der Waals surface area contributed by atoms with Gasteiger partial charge in [0, 0.05) is 17.0 Å². The number of esters is 1. The zero-order chi connectivity index (χ0) is 18.4. The van der Waals surface area contributed by atoms with Gasteiger partial charge in [-0.2, -0.15) is 8.78 Å². The van der Waals surface area contributed by atoms with Crippen LogP contribution < -0.4 is 5.32 Å². The Bertz CT molecular complexity index is 722. The first-order chi connectivity index (χ1) is 11.7. The van der Waals surface area contributed by atoms with Gasteiger partial charge in [-0.3, -0.25) is 9.59 Å². The molecule has 1 saturated heterocycles. The SMILES string of the molecule is O=C(COC(=O)C[C@H]1CCS(=O)(=O)C1)Nc1ccc(SC(F)F)cc1. The summed E-state index contributed by atoms with van der Waals surface area (Å²) in [4.78, 5) is 23.7. The van der Waals surface area contributed by atoms with Crippen molar-refractivity contribution < 1.29 is 31.5 Å². The summed E-state index contributed by atoms with van der Waals surface area (Å²) >= 11 is 0.397. The number of sulfone groups is 1. The molecule has 0 spiro atoms. The largest absolute Gasteiger partial charge is 0.456 e. The summed E-state index contributed by atoms with van der Waals surface area (Å²) in [7, 11) is -3.06. The van der Waals surface area contributed by atoms with E-state index in [1.165, 1.54) is 24.3 Å². The molecule has 1 aliphatic rings. The average molecular weight is 393 g/mol. The van der Waals surface area contributed by atoms with Gasteiger partial charge < -0.3 is 10.1 Å². The van der Waals surface area contributed by atoms with E-state index < -0.39 is 34.1 Å². The van der Waals surface area contributed by atoms with Gasteiger partial charge >= 0.3 is 5.97 Å². The lowest BCUT2D eigenvalue weighted by Crippen LogP contribution is -2.22. The van der Waals surface area contributed by atoms with Crippen LogP contribution in [0.2, 0.25) is 0 Å². The third-order valence-corrected chi connectivity index (χ3v) is 6.07. The predicted octanol–water partition coefficient (Wildman–Crippen LogP) is 2.31. The Hall–Kier alpha value is -1.68. The van der Waals surface area contributed by atoms with Gasteiger partial charge in [-0.05, 0) is 36.6 Å². The Morgan fingerprint density at radius 2 is 1.96 bits per heavy atom. The molecule has 0 saturated carbocycles. The van der Waals surface area contributed by atoms with Crippen LogP contribution in [0, 0.1) is 5.92 Å². The minimum absolute atomic E-state index is 0.0305. The van der Waals surface area contributed by atoms with Crippen molar-refractivity contribution in [2.75, 3.05) is 23.4 Å². The van der Waals surface area contributed by atoms with Crippen LogP contribution in [-0.4, -0.2) is 44.2 Å². The highest BCUT2D eigenvalue weighted by Crippen LogP contribution is 2.26. The van der Waals surface area contributed by atoms with E-state index in [1.807, 2.05) is 0 Å². The van der Waals surface area contributed by atoms with Crippen molar-refractivity contribution in [3.8, 4) is 0 Å².